The number of hydrogen-bond donors (Lipinski definition) is 1. The van der Waals surface area contributed by atoms with Crippen molar-refractivity contribution in [3.63, 3.8) is 0 Å². The number of amides is 1. The van der Waals surface area contributed by atoms with Crippen LogP contribution < -0.4 is 4.74 Å². The molecule has 1 aliphatic heterocycles. The Hall–Kier alpha value is -2.12. The van der Waals surface area contributed by atoms with Crippen LogP contribution in [0.3, 0.4) is 0 Å². The Morgan fingerprint density at radius 2 is 2.07 bits per heavy atom. The summed E-state index contributed by atoms with van der Waals surface area (Å²) in [4.78, 5) is 31.0. The Labute approximate surface area is 173 Å². The first-order chi connectivity index (χ1) is 13.2. The molecule has 1 N–H and O–H groups in total. The van der Waals surface area contributed by atoms with Crippen LogP contribution >= 0.6 is 22.9 Å². The van der Waals surface area contributed by atoms with E-state index in [9.17, 15) is 14.7 Å². The number of rotatable bonds is 5. The van der Waals surface area contributed by atoms with Crippen molar-refractivity contribution < 1.29 is 19.4 Å². The van der Waals surface area contributed by atoms with Gasteiger partial charge < -0.3 is 14.7 Å². The average Bonchev–Trinajstić information content (AvgIpc) is 3.26. The number of thiazole rings is 1. The molecular formula is C20H23ClN2O4S. The summed E-state index contributed by atoms with van der Waals surface area (Å²) < 4.78 is 5.69. The fraction of sp³-hybridized carbons (Fsp3) is 0.450. The van der Waals surface area contributed by atoms with Gasteiger partial charge in [0.05, 0.1) is 11.1 Å². The molecular weight excluding hydrogens is 400 g/mol. The van der Waals surface area contributed by atoms with E-state index in [4.69, 9.17) is 16.3 Å². The molecule has 0 radical (unpaired) electrons. The van der Waals surface area contributed by atoms with Gasteiger partial charge in [0.2, 0.25) is 5.91 Å². The van der Waals surface area contributed by atoms with E-state index >= 15 is 0 Å². The molecule has 0 spiro atoms. The minimum atomic E-state index is -1.05. The van der Waals surface area contributed by atoms with Crippen molar-refractivity contribution in [2.24, 2.45) is 5.41 Å². The third-order valence-electron chi connectivity index (χ3n) is 4.55. The Morgan fingerprint density at radius 3 is 2.71 bits per heavy atom. The number of halogens is 1. The predicted molar refractivity (Wildman–Crippen MR) is 108 cm³/mol. The van der Waals surface area contributed by atoms with Gasteiger partial charge in [-0.1, -0.05) is 44.5 Å². The van der Waals surface area contributed by atoms with Crippen molar-refractivity contribution in [2.75, 3.05) is 6.54 Å². The van der Waals surface area contributed by atoms with Crippen molar-refractivity contribution in [3.05, 3.63) is 44.9 Å². The van der Waals surface area contributed by atoms with E-state index < -0.39 is 11.4 Å². The van der Waals surface area contributed by atoms with E-state index in [0.29, 0.717) is 28.0 Å². The first kappa shape index (κ1) is 20.6. The molecule has 1 aliphatic rings. The highest BCUT2D eigenvalue weighted by atomic mass is 35.5. The van der Waals surface area contributed by atoms with Gasteiger partial charge in [-0.25, -0.2) is 9.78 Å². The van der Waals surface area contributed by atoms with Crippen LogP contribution in [0.2, 0.25) is 5.02 Å². The lowest BCUT2D eigenvalue weighted by Gasteiger charge is -2.29. The summed E-state index contributed by atoms with van der Waals surface area (Å²) in [6, 6.07) is 6.82. The summed E-state index contributed by atoms with van der Waals surface area (Å²) >= 11 is 7.21. The number of likely N-dealkylation sites (tertiary alicyclic amines) is 1. The number of ether oxygens (including phenoxy) is 1. The Balaban J connectivity index is 1.85. The number of carbonyl (C=O) groups excluding carboxylic acids is 1. The third-order valence-corrected chi connectivity index (χ3v) is 6.05. The molecule has 8 heteroatoms. The molecule has 1 atom stereocenters. The summed E-state index contributed by atoms with van der Waals surface area (Å²) in [5.74, 6) is -0.524. The molecule has 28 heavy (non-hydrogen) atoms. The fourth-order valence-electron chi connectivity index (χ4n) is 3.18. The van der Waals surface area contributed by atoms with E-state index in [-0.39, 0.29) is 23.4 Å². The summed E-state index contributed by atoms with van der Waals surface area (Å²) in [6.45, 7) is 6.32. The van der Waals surface area contributed by atoms with Gasteiger partial charge in [0.25, 0.3) is 0 Å². The number of aromatic carboxylic acids is 1. The molecule has 0 unspecified atom stereocenters. The highest BCUT2D eigenvalue weighted by molar-refractivity contribution is 7.13. The van der Waals surface area contributed by atoms with E-state index in [1.165, 1.54) is 0 Å². The quantitative estimate of drug-likeness (QED) is 0.749. The number of aromatic nitrogens is 1. The van der Waals surface area contributed by atoms with E-state index in [2.05, 4.69) is 4.98 Å². The molecule has 2 aromatic rings. The molecule has 1 fully saturated rings. The van der Waals surface area contributed by atoms with E-state index in [0.717, 1.165) is 24.2 Å². The Kier molecular flexibility index (Phi) is 5.95. The maximum atomic E-state index is 12.8. The molecule has 0 aliphatic carbocycles. The standard InChI is InChI=1S/C20H23ClN2O4S/c1-20(2,3)19(26)23-10-6-8-14(23)17-22-13(16(28-17)18(24)25)11-27-15-9-5-4-7-12(15)21/h4-5,7,9,14H,6,8,10-11H2,1-3H3,(H,24,25)/t14-/m1/s1. The average molecular weight is 423 g/mol. The number of carboxylic acid groups (broad SMARTS) is 1. The molecule has 3 rings (SSSR count). The van der Waals surface area contributed by atoms with Gasteiger partial charge in [-0.15, -0.1) is 11.3 Å². The lowest BCUT2D eigenvalue weighted by Crippen LogP contribution is -2.38. The number of carbonyl (C=O) groups is 2. The second-order valence-corrected chi connectivity index (χ2v) is 9.20. The first-order valence-electron chi connectivity index (χ1n) is 9.09. The maximum absolute atomic E-state index is 12.8. The zero-order valence-electron chi connectivity index (χ0n) is 16.1. The predicted octanol–water partition coefficient (Wildman–Crippen LogP) is 4.78. The second kappa shape index (κ2) is 8.09. The van der Waals surface area contributed by atoms with Crippen molar-refractivity contribution in [3.8, 4) is 5.75 Å². The van der Waals surface area contributed by atoms with Crippen LogP contribution in [0.4, 0.5) is 0 Å². The van der Waals surface area contributed by atoms with Gasteiger partial charge in [0.15, 0.2) is 0 Å². The number of para-hydroxylation sites is 1. The molecule has 1 aromatic heterocycles. The third kappa shape index (κ3) is 4.31. The van der Waals surface area contributed by atoms with Crippen molar-refractivity contribution in [1.82, 2.24) is 9.88 Å². The molecule has 150 valence electrons. The van der Waals surface area contributed by atoms with Crippen molar-refractivity contribution >= 4 is 34.8 Å². The van der Waals surface area contributed by atoms with Crippen LogP contribution in [0.25, 0.3) is 0 Å². The Bertz CT molecular complexity index is 891. The van der Waals surface area contributed by atoms with E-state index in [1.807, 2.05) is 25.7 Å². The minimum Gasteiger partial charge on any atom is -0.486 e. The van der Waals surface area contributed by atoms with Crippen LogP contribution in [0.5, 0.6) is 5.75 Å². The number of nitrogens with zero attached hydrogens (tertiary/aromatic N) is 2. The second-order valence-electron chi connectivity index (χ2n) is 7.76. The Morgan fingerprint density at radius 1 is 1.36 bits per heavy atom. The molecule has 0 saturated carbocycles. The van der Waals surface area contributed by atoms with Crippen molar-refractivity contribution in [1.29, 1.82) is 0 Å². The summed E-state index contributed by atoms with van der Waals surface area (Å²) in [6.07, 6.45) is 1.65. The maximum Gasteiger partial charge on any atom is 0.347 e. The smallest absolute Gasteiger partial charge is 0.347 e. The first-order valence-corrected chi connectivity index (χ1v) is 10.3. The van der Waals surface area contributed by atoms with Gasteiger partial charge >= 0.3 is 5.97 Å². The molecule has 1 amide bonds. The molecule has 2 heterocycles. The lowest BCUT2D eigenvalue weighted by atomic mass is 9.94. The van der Waals surface area contributed by atoms with Gasteiger partial charge in [-0.3, -0.25) is 4.79 Å². The summed E-state index contributed by atoms with van der Waals surface area (Å²) in [5.41, 5.74) is -0.145. The highest BCUT2D eigenvalue weighted by Crippen LogP contribution is 2.38. The number of hydrogen-bond acceptors (Lipinski definition) is 5. The van der Waals surface area contributed by atoms with Crippen LogP contribution in [-0.2, 0) is 11.4 Å². The van der Waals surface area contributed by atoms with Crippen molar-refractivity contribution in [2.45, 2.75) is 46.3 Å². The van der Waals surface area contributed by atoms with Crippen LogP contribution in [0, 0.1) is 5.41 Å². The van der Waals surface area contributed by atoms with E-state index in [1.54, 1.807) is 24.3 Å². The normalized spacial score (nSPS) is 17.0. The largest absolute Gasteiger partial charge is 0.486 e. The van der Waals surface area contributed by atoms with Gasteiger partial charge in [-0.05, 0) is 25.0 Å². The van der Waals surface area contributed by atoms with Gasteiger partial charge in [0.1, 0.15) is 27.9 Å². The molecule has 1 saturated heterocycles. The number of carboxylic acids is 1. The van der Waals surface area contributed by atoms with Crippen LogP contribution in [0.15, 0.2) is 24.3 Å². The zero-order chi connectivity index (χ0) is 20.5. The van der Waals surface area contributed by atoms with Gasteiger partial charge in [-0.2, -0.15) is 0 Å². The summed E-state index contributed by atoms with van der Waals surface area (Å²) in [5, 5.41) is 10.7. The SMILES string of the molecule is CC(C)(C)C(=O)N1CCC[C@@H]1c1nc(COc2ccccc2Cl)c(C(=O)O)s1. The minimum absolute atomic E-state index is 0.00179. The fourth-order valence-corrected chi connectivity index (χ4v) is 4.43. The van der Waals surface area contributed by atoms with Gasteiger partial charge in [0, 0.05) is 12.0 Å². The number of benzene rings is 1. The van der Waals surface area contributed by atoms with Crippen LogP contribution in [-0.4, -0.2) is 33.4 Å². The highest BCUT2D eigenvalue weighted by Gasteiger charge is 2.38. The molecule has 0 bridgehead atoms. The molecule has 6 nitrogen and oxygen atoms in total. The summed E-state index contributed by atoms with van der Waals surface area (Å²) in [7, 11) is 0. The van der Waals surface area contributed by atoms with Crippen LogP contribution in [0.1, 0.15) is 60.0 Å². The molecule has 1 aromatic carbocycles. The topological polar surface area (TPSA) is 79.7 Å². The monoisotopic (exact) mass is 422 g/mol. The zero-order valence-corrected chi connectivity index (χ0v) is 17.6. The lowest BCUT2D eigenvalue weighted by molar-refractivity contribution is -0.140.